The summed E-state index contributed by atoms with van der Waals surface area (Å²) in [6.45, 7) is 0. The summed E-state index contributed by atoms with van der Waals surface area (Å²) in [6, 6.07) is 14.7. The van der Waals surface area contributed by atoms with Crippen molar-refractivity contribution in [3.63, 3.8) is 0 Å². The summed E-state index contributed by atoms with van der Waals surface area (Å²) < 4.78 is 5.49. The van der Waals surface area contributed by atoms with Crippen molar-refractivity contribution < 1.29 is 4.74 Å². The minimum Gasteiger partial charge on any atom is -0.496 e. The molecule has 0 atom stereocenters. The van der Waals surface area contributed by atoms with E-state index in [-0.39, 0.29) is 0 Å². The Morgan fingerprint density at radius 1 is 1.06 bits per heavy atom. The summed E-state index contributed by atoms with van der Waals surface area (Å²) >= 11 is 0. The second kappa shape index (κ2) is 3.39. The van der Waals surface area contributed by atoms with Gasteiger partial charge < -0.3 is 9.72 Å². The van der Waals surface area contributed by atoms with Crippen LogP contribution in [-0.2, 0) is 6.42 Å². The highest BCUT2D eigenvalue weighted by Gasteiger charge is 2.25. The molecular weight excluding hydrogens is 222 g/mol. The zero-order valence-electron chi connectivity index (χ0n) is 10.2. The second-order valence-electron chi connectivity index (χ2n) is 4.70. The number of para-hydroxylation sites is 1. The number of H-pyrrole nitrogens is 1. The van der Waals surface area contributed by atoms with Crippen molar-refractivity contribution in [3.8, 4) is 17.0 Å². The Balaban J connectivity index is 2.08. The third-order valence-electron chi connectivity index (χ3n) is 3.76. The predicted molar refractivity (Wildman–Crippen MR) is 73.1 cm³/mol. The fraction of sp³-hybridized carbons (Fsp3) is 0.125. The van der Waals surface area contributed by atoms with Crippen LogP contribution in [0, 0.1) is 0 Å². The number of nitrogens with one attached hydrogen (secondary N) is 1. The lowest BCUT2D eigenvalue weighted by Gasteiger charge is -2.06. The molecule has 0 aliphatic heterocycles. The molecule has 1 aliphatic carbocycles. The highest BCUT2D eigenvalue weighted by Crippen LogP contribution is 2.44. The van der Waals surface area contributed by atoms with Crippen LogP contribution in [0.4, 0.5) is 0 Å². The molecule has 1 aliphatic rings. The third kappa shape index (κ3) is 1.12. The van der Waals surface area contributed by atoms with Gasteiger partial charge in [-0.25, -0.2) is 0 Å². The maximum Gasteiger partial charge on any atom is 0.128 e. The van der Waals surface area contributed by atoms with E-state index in [2.05, 4.69) is 41.4 Å². The number of ether oxygens (including phenoxy) is 1. The molecular formula is C16H13NO. The highest BCUT2D eigenvalue weighted by atomic mass is 16.5. The van der Waals surface area contributed by atoms with E-state index in [1.54, 1.807) is 7.11 Å². The van der Waals surface area contributed by atoms with Crippen molar-refractivity contribution in [2.75, 3.05) is 7.11 Å². The molecule has 2 nitrogen and oxygen atoms in total. The topological polar surface area (TPSA) is 25.0 Å². The van der Waals surface area contributed by atoms with Crippen LogP contribution < -0.4 is 4.74 Å². The first kappa shape index (κ1) is 9.77. The van der Waals surface area contributed by atoms with Gasteiger partial charge in [0.1, 0.15) is 5.75 Å². The Morgan fingerprint density at radius 3 is 2.83 bits per heavy atom. The summed E-state index contributed by atoms with van der Waals surface area (Å²) in [7, 11) is 1.73. The van der Waals surface area contributed by atoms with Crippen LogP contribution in [-0.4, -0.2) is 12.1 Å². The quantitative estimate of drug-likeness (QED) is 0.534. The molecule has 3 aromatic rings. The standard InChI is InChI=1S/C16H13NO/c1-18-14-8-4-5-10-9-12-11-6-2-3-7-13(11)17-16(12)15(10)14/h2-8,17H,9H2,1H3. The predicted octanol–water partition coefficient (Wildman–Crippen LogP) is 3.75. The van der Waals surface area contributed by atoms with Gasteiger partial charge >= 0.3 is 0 Å². The van der Waals surface area contributed by atoms with Crippen LogP contribution in [0.2, 0.25) is 0 Å². The fourth-order valence-corrected chi connectivity index (χ4v) is 2.97. The molecule has 4 rings (SSSR count). The first-order valence-electron chi connectivity index (χ1n) is 6.14. The van der Waals surface area contributed by atoms with Crippen molar-refractivity contribution in [3.05, 3.63) is 53.6 Å². The number of rotatable bonds is 1. The van der Waals surface area contributed by atoms with Crippen LogP contribution in [0.1, 0.15) is 11.1 Å². The number of benzene rings is 2. The van der Waals surface area contributed by atoms with Crippen molar-refractivity contribution in [1.29, 1.82) is 0 Å². The van der Waals surface area contributed by atoms with Gasteiger partial charge in [-0.3, -0.25) is 0 Å². The van der Waals surface area contributed by atoms with Crippen molar-refractivity contribution in [2.45, 2.75) is 6.42 Å². The number of aromatic amines is 1. The molecule has 2 heteroatoms. The monoisotopic (exact) mass is 235 g/mol. The molecule has 1 N–H and O–H groups in total. The largest absolute Gasteiger partial charge is 0.496 e. The number of fused-ring (bicyclic) bond motifs is 5. The Bertz CT molecular complexity index is 755. The van der Waals surface area contributed by atoms with Crippen LogP contribution in [0.3, 0.4) is 0 Å². The number of hydrogen-bond donors (Lipinski definition) is 1. The van der Waals surface area contributed by atoms with Crippen molar-refractivity contribution in [2.24, 2.45) is 0 Å². The first-order valence-corrected chi connectivity index (χ1v) is 6.14. The zero-order valence-corrected chi connectivity index (χ0v) is 10.2. The molecule has 2 aromatic carbocycles. The molecule has 88 valence electrons. The normalized spacial score (nSPS) is 12.5. The lowest BCUT2D eigenvalue weighted by Crippen LogP contribution is -1.88. The lowest BCUT2D eigenvalue weighted by atomic mass is 10.1. The Kier molecular flexibility index (Phi) is 1.84. The Hall–Kier alpha value is -2.22. The van der Waals surface area contributed by atoms with Gasteiger partial charge in [-0.2, -0.15) is 0 Å². The van der Waals surface area contributed by atoms with E-state index in [1.807, 2.05) is 6.07 Å². The molecule has 0 amide bonds. The van der Waals surface area contributed by atoms with Crippen LogP contribution in [0.15, 0.2) is 42.5 Å². The van der Waals surface area contributed by atoms with Gasteiger partial charge in [0.2, 0.25) is 0 Å². The first-order chi connectivity index (χ1) is 8.88. The van der Waals surface area contributed by atoms with E-state index in [0.717, 1.165) is 12.2 Å². The van der Waals surface area contributed by atoms with Crippen LogP contribution in [0.25, 0.3) is 22.2 Å². The van der Waals surface area contributed by atoms with E-state index in [4.69, 9.17) is 4.74 Å². The second-order valence-corrected chi connectivity index (χ2v) is 4.70. The summed E-state index contributed by atoms with van der Waals surface area (Å²) in [4.78, 5) is 3.53. The van der Waals surface area contributed by atoms with E-state index >= 15 is 0 Å². The minimum absolute atomic E-state index is 0.956. The Morgan fingerprint density at radius 2 is 1.94 bits per heavy atom. The van der Waals surface area contributed by atoms with Gasteiger partial charge in [0, 0.05) is 22.9 Å². The summed E-state index contributed by atoms with van der Waals surface area (Å²) in [6.07, 6.45) is 0.992. The lowest BCUT2D eigenvalue weighted by molar-refractivity contribution is 0.416. The number of hydrogen-bond acceptors (Lipinski definition) is 1. The summed E-state index contributed by atoms with van der Waals surface area (Å²) in [5.41, 5.74) is 6.40. The zero-order chi connectivity index (χ0) is 12.1. The van der Waals surface area contributed by atoms with Crippen molar-refractivity contribution in [1.82, 2.24) is 4.98 Å². The molecule has 1 aromatic heterocycles. The van der Waals surface area contributed by atoms with Gasteiger partial charge in [0.25, 0.3) is 0 Å². The molecule has 0 saturated carbocycles. The average molecular weight is 235 g/mol. The number of aromatic nitrogens is 1. The summed E-state index contributed by atoms with van der Waals surface area (Å²) in [5.74, 6) is 0.956. The van der Waals surface area contributed by atoms with Crippen molar-refractivity contribution >= 4 is 10.9 Å². The molecule has 0 bridgehead atoms. The smallest absolute Gasteiger partial charge is 0.128 e. The van der Waals surface area contributed by atoms with E-state index in [9.17, 15) is 0 Å². The molecule has 1 heterocycles. The molecule has 0 fully saturated rings. The average Bonchev–Trinajstić information content (AvgIpc) is 2.94. The molecule has 0 radical (unpaired) electrons. The number of methoxy groups -OCH3 is 1. The fourth-order valence-electron chi connectivity index (χ4n) is 2.97. The van der Waals surface area contributed by atoms with Gasteiger partial charge in [0.05, 0.1) is 12.8 Å². The van der Waals surface area contributed by atoms with Gasteiger partial charge in [0.15, 0.2) is 0 Å². The molecule has 0 unspecified atom stereocenters. The summed E-state index contributed by atoms with van der Waals surface area (Å²) in [5, 5.41) is 1.32. The SMILES string of the molecule is COc1cccc2c1-c1[nH]c3ccccc3c1C2. The van der Waals surface area contributed by atoms with E-state index in [0.29, 0.717) is 0 Å². The third-order valence-corrected chi connectivity index (χ3v) is 3.76. The van der Waals surface area contributed by atoms with E-state index in [1.165, 1.54) is 33.3 Å². The van der Waals surface area contributed by atoms with Gasteiger partial charge in [-0.1, -0.05) is 30.3 Å². The van der Waals surface area contributed by atoms with Gasteiger partial charge in [-0.05, 0) is 23.3 Å². The van der Waals surface area contributed by atoms with E-state index < -0.39 is 0 Å². The van der Waals surface area contributed by atoms with Crippen LogP contribution >= 0.6 is 0 Å². The molecule has 0 saturated heterocycles. The van der Waals surface area contributed by atoms with Gasteiger partial charge in [-0.15, -0.1) is 0 Å². The molecule has 0 spiro atoms. The molecule has 18 heavy (non-hydrogen) atoms. The van der Waals surface area contributed by atoms with Crippen LogP contribution in [0.5, 0.6) is 5.75 Å². The Labute approximate surface area is 105 Å². The highest BCUT2D eigenvalue weighted by molar-refractivity contribution is 5.95. The maximum atomic E-state index is 5.49. The minimum atomic E-state index is 0.956. The maximum absolute atomic E-state index is 5.49.